The zero-order valence-electron chi connectivity index (χ0n) is 26.6. The second kappa shape index (κ2) is 14.4. The van der Waals surface area contributed by atoms with E-state index in [1.54, 1.807) is 25.7 Å². The second-order valence-electron chi connectivity index (χ2n) is 16.0. The van der Waals surface area contributed by atoms with Gasteiger partial charge in [0.15, 0.2) is 0 Å². The van der Waals surface area contributed by atoms with Gasteiger partial charge in [-0.05, 0) is 188 Å². The van der Waals surface area contributed by atoms with Crippen LogP contribution in [-0.4, -0.2) is 43.7 Å². The number of piperidine rings is 1. The molecule has 226 valence electrons. The Morgan fingerprint density at radius 3 is 1.90 bits per heavy atom. The van der Waals surface area contributed by atoms with E-state index < -0.39 is 0 Å². The molecule has 3 nitrogen and oxygen atoms in total. The van der Waals surface area contributed by atoms with E-state index in [1.165, 1.54) is 90.4 Å². The number of nitrogens with zero attached hydrogens (tertiary/aromatic N) is 1. The van der Waals surface area contributed by atoms with Gasteiger partial charge in [-0.2, -0.15) is 0 Å². The highest BCUT2D eigenvalue weighted by Crippen LogP contribution is 2.57. The summed E-state index contributed by atoms with van der Waals surface area (Å²) in [5.41, 5.74) is 5.78. The van der Waals surface area contributed by atoms with Crippen molar-refractivity contribution < 1.29 is 0 Å². The first-order chi connectivity index (χ1) is 18.9. The van der Waals surface area contributed by atoms with Crippen molar-refractivity contribution in [1.82, 2.24) is 10.2 Å². The quantitative estimate of drug-likeness (QED) is 0.195. The standard InChI is InChI=1S/C36H67N3/c1-25(2)35-30-12-10-28(22-30)33(35)16-14-32(15-17-34-29-11-13-31(23-29)36(34)26(3)4)38-19-5-8-27-9-6-20-39(24-27)21-7-18-37/h25-36,38H,5-24,37H2,1-4H3. The maximum absolute atomic E-state index is 5.78. The maximum Gasteiger partial charge on any atom is 0.00672 e. The van der Waals surface area contributed by atoms with Crippen LogP contribution < -0.4 is 11.1 Å². The fraction of sp³-hybridized carbons (Fsp3) is 1.00. The molecule has 4 bridgehead atoms. The van der Waals surface area contributed by atoms with E-state index in [9.17, 15) is 0 Å². The Hall–Kier alpha value is -0.120. The van der Waals surface area contributed by atoms with Gasteiger partial charge in [-0.25, -0.2) is 0 Å². The van der Waals surface area contributed by atoms with Crippen molar-refractivity contribution in [3.63, 3.8) is 0 Å². The van der Waals surface area contributed by atoms with Crippen LogP contribution in [0.25, 0.3) is 0 Å². The number of fused-ring (bicyclic) bond motifs is 4. The van der Waals surface area contributed by atoms with Gasteiger partial charge >= 0.3 is 0 Å². The first kappa shape index (κ1) is 30.3. The maximum atomic E-state index is 5.78. The smallest absolute Gasteiger partial charge is 0.00672 e. The lowest BCUT2D eigenvalue weighted by Gasteiger charge is -2.36. The van der Waals surface area contributed by atoms with Crippen molar-refractivity contribution in [2.45, 2.75) is 130 Å². The van der Waals surface area contributed by atoms with E-state index in [1.807, 2.05) is 0 Å². The van der Waals surface area contributed by atoms with Crippen LogP contribution in [0, 0.1) is 65.1 Å². The predicted octanol–water partition coefficient (Wildman–Crippen LogP) is 7.98. The monoisotopic (exact) mass is 542 g/mol. The van der Waals surface area contributed by atoms with Gasteiger partial charge in [-0.3, -0.25) is 0 Å². The number of nitrogens with two attached hydrogens (primary N) is 1. The second-order valence-corrected chi connectivity index (χ2v) is 16.0. The molecule has 1 heterocycles. The molecular formula is C36H67N3. The lowest BCUT2D eigenvalue weighted by Crippen LogP contribution is -2.37. The Bertz CT molecular complexity index is 678. The molecule has 0 aromatic heterocycles. The van der Waals surface area contributed by atoms with Crippen molar-refractivity contribution in [2.24, 2.45) is 70.8 Å². The molecule has 1 aliphatic heterocycles. The van der Waals surface area contributed by atoms with Crippen LogP contribution in [-0.2, 0) is 0 Å². The van der Waals surface area contributed by atoms with Crippen LogP contribution in [0.5, 0.6) is 0 Å². The fourth-order valence-corrected chi connectivity index (χ4v) is 11.6. The number of rotatable bonds is 16. The molecule has 1 saturated heterocycles. The predicted molar refractivity (Wildman–Crippen MR) is 168 cm³/mol. The SMILES string of the molecule is CC(C)C1C2CCC(C2)C1CCC(CCC1C2CCC(C2)C1C(C)C)NCCCC1CCCN(CCCN)C1. The summed E-state index contributed by atoms with van der Waals surface area (Å²) in [6.45, 7) is 16.0. The summed E-state index contributed by atoms with van der Waals surface area (Å²) in [4.78, 5) is 2.69. The minimum absolute atomic E-state index is 0.760. The van der Waals surface area contributed by atoms with E-state index in [2.05, 4.69) is 37.9 Å². The molecule has 5 aliphatic rings. The van der Waals surface area contributed by atoms with Gasteiger partial charge in [0.05, 0.1) is 0 Å². The lowest BCUT2D eigenvalue weighted by atomic mass is 9.70. The third-order valence-electron chi connectivity index (χ3n) is 13.1. The first-order valence-electron chi connectivity index (χ1n) is 18.1. The van der Waals surface area contributed by atoms with E-state index in [4.69, 9.17) is 5.73 Å². The molecule has 0 radical (unpaired) electrons. The van der Waals surface area contributed by atoms with Crippen LogP contribution in [0.3, 0.4) is 0 Å². The third-order valence-corrected chi connectivity index (χ3v) is 13.1. The fourth-order valence-electron chi connectivity index (χ4n) is 11.6. The highest BCUT2D eigenvalue weighted by atomic mass is 15.1. The summed E-state index contributed by atoms with van der Waals surface area (Å²) >= 11 is 0. The molecule has 3 N–H and O–H groups in total. The van der Waals surface area contributed by atoms with Gasteiger partial charge in [-0.15, -0.1) is 0 Å². The molecule has 9 atom stereocenters. The molecule has 0 aromatic carbocycles. The minimum atomic E-state index is 0.760. The minimum Gasteiger partial charge on any atom is -0.330 e. The van der Waals surface area contributed by atoms with E-state index >= 15 is 0 Å². The number of hydrogen-bond donors (Lipinski definition) is 2. The molecule has 5 rings (SSSR count). The van der Waals surface area contributed by atoms with Gasteiger partial charge < -0.3 is 16.0 Å². The van der Waals surface area contributed by atoms with Crippen molar-refractivity contribution in [1.29, 1.82) is 0 Å². The molecule has 0 spiro atoms. The molecule has 5 fully saturated rings. The molecule has 0 amide bonds. The van der Waals surface area contributed by atoms with Crippen molar-refractivity contribution in [3.8, 4) is 0 Å². The van der Waals surface area contributed by atoms with E-state index in [0.717, 1.165) is 84.1 Å². The zero-order valence-corrected chi connectivity index (χ0v) is 26.6. The average Bonchev–Trinajstić information content (AvgIpc) is 3.72. The van der Waals surface area contributed by atoms with Crippen molar-refractivity contribution >= 4 is 0 Å². The summed E-state index contributed by atoms with van der Waals surface area (Å²) in [7, 11) is 0. The molecular weight excluding hydrogens is 474 g/mol. The van der Waals surface area contributed by atoms with Crippen molar-refractivity contribution in [3.05, 3.63) is 0 Å². The molecule has 3 heteroatoms. The normalized spacial score (nSPS) is 39.0. The van der Waals surface area contributed by atoms with Crippen molar-refractivity contribution in [2.75, 3.05) is 32.7 Å². The Kier molecular flexibility index (Phi) is 11.2. The summed E-state index contributed by atoms with van der Waals surface area (Å²) < 4.78 is 0. The summed E-state index contributed by atoms with van der Waals surface area (Å²) in [5.74, 6) is 11.0. The summed E-state index contributed by atoms with van der Waals surface area (Å²) in [6, 6.07) is 0.760. The molecule has 39 heavy (non-hydrogen) atoms. The van der Waals surface area contributed by atoms with Crippen LogP contribution in [0.15, 0.2) is 0 Å². The number of nitrogens with one attached hydrogen (secondary N) is 1. The molecule has 0 aromatic rings. The number of likely N-dealkylation sites (tertiary alicyclic amines) is 1. The van der Waals surface area contributed by atoms with Gasteiger partial charge in [0.2, 0.25) is 0 Å². The number of hydrogen-bond acceptors (Lipinski definition) is 3. The summed E-state index contributed by atoms with van der Waals surface area (Å²) in [5, 5.41) is 4.20. The van der Waals surface area contributed by atoms with Gasteiger partial charge in [0.25, 0.3) is 0 Å². The van der Waals surface area contributed by atoms with E-state index in [-0.39, 0.29) is 0 Å². The Morgan fingerprint density at radius 1 is 0.744 bits per heavy atom. The van der Waals surface area contributed by atoms with Crippen LogP contribution in [0.4, 0.5) is 0 Å². The Labute approximate surface area is 243 Å². The molecule has 4 aliphatic carbocycles. The largest absolute Gasteiger partial charge is 0.330 e. The van der Waals surface area contributed by atoms with Gasteiger partial charge in [-0.1, -0.05) is 27.7 Å². The highest BCUT2D eigenvalue weighted by molar-refractivity contribution is 4.99. The Morgan fingerprint density at radius 2 is 1.33 bits per heavy atom. The molecule has 4 saturated carbocycles. The lowest BCUT2D eigenvalue weighted by molar-refractivity contribution is 0.139. The summed E-state index contributed by atoms with van der Waals surface area (Å²) in [6.07, 6.45) is 22.0. The first-order valence-corrected chi connectivity index (χ1v) is 18.1. The third kappa shape index (κ3) is 7.45. The van der Waals surface area contributed by atoms with Crippen LogP contribution in [0.2, 0.25) is 0 Å². The van der Waals surface area contributed by atoms with Gasteiger partial charge in [0, 0.05) is 12.6 Å². The van der Waals surface area contributed by atoms with Crippen LogP contribution in [0.1, 0.15) is 124 Å². The average molecular weight is 542 g/mol. The Balaban J connectivity index is 1.12. The van der Waals surface area contributed by atoms with E-state index in [0.29, 0.717) is 0 Å². The zero-order chi connectivity index (χ0) is 27.4. The molecule has 9 unspecified atom stereocenters. The van der Waals surface area contributed by atoms with Gasteiger partial charge in [0.1, 0.15) is 0 Å². The topological polar surface area (TPSA) is 41.3 Å². The van der Waals surface area contributed by atoms with Crippen LogP contribution >= 0.6 is 0 Å². The highest BCUT2D eigenvalue weighted by Gasteiger charge is 2.49.